The van der Waals surface area contributed by atoms with Gasteiger partial charge in [0.25, 0.3) is 5.91 Å². The van der Waals surface area contributed by atoms with Crippen LogP contribution in [0.4, 0.5) is 5.69 Å². The highest BCUT2D eigenvalue weighted by Crippen LogP contribution is 2.27. The van der Waals surface area contributed by atoms with E-state index in [2.05, 4.69) is 10.3 Å². The van der Waals surface area contributed by atoms with Gasteiger partial charge in [-0.05, 0) is 41.3 Å². The van der Waals surface area contributed by atoms with Gasteiger partial charge in [0.2, 0.25) is 0 Å². The SMILES string of the molecule is CS(=O)(=O)c1cc(Cl)cc(NC(=O)c2cc(-c3cccnc3)cs2)c1. The Bertz CT molecular complexity index is 1030. The van der Waals surface area contributed by atoms with Gasteiger partial charge >= 0.3 is 0 Å². The van der Waals surface area contributed by atoms with Crippen LogP contribution in [0.5, 0.6) is 0 Å². The summed E-state index contributed by atoms with van der Waals surface area (Å²) in [4.78, 5) is 17.0. The number of halogens is 1. The monoisotopic (exact) mass is 392 g/mol. The molecule has 3 rings (SSSR count). The highest BCUT2D eigenvalue weighted by Gasteiger charge is 2.14. The molecule has 0 bridgehead atoms. The second-order valence-corrected chi connectivity index (χ2v) is 8.71. The van der Waals surface area contributed by atoms with Gasteiger partial charge in [0.05, 0.1) is 9.77 Å². The van der Waals surface area contributed by atoms with Gasteiger partial charge in [-0.15, -0.1) is 11.3 Å². The van der Waals surface area contributed by atoms with E-state index in [4.69, 9.17) is 11.6 Å². The number of rotatable bonds is 4. The molecular formula is C17H13ClN2O3S2. The van der Waals surface area contributed by atoms with Crippen LogP contribution in [0.1, 0.15) is 9.67 Å². The topological polar surface area (TPSA) is 76.1 Å². The summed E-state index contributed by atoms with van der Waals surface area (Å²) in [5.41, 5.74) is 2.14. The molecule has 0 unspecified atom stereocenters. The first kappa shape index (κ1) is 17.6. The summed E-state index contributed by atoms with van der Waals surface area (Å²) in [6, 6.07) is 9.73. The number of benzene rings is 1. The van der Waals surface area contributed by atoms with E-state index >= 15 is 0 Å². The molecule has 1 aromatic carbocycles. The number of anilines is 1. The van der Waals surface area contributed by atoms with E-state index in [0.717, 1.165) is 17.4 Å². The standard InChI is InChI=1S/C17H13ClN2O3S2/c1-25(22,23)15-7-13(18)6-14(8-15)20-17(21)16-5-12(10-24-16)11-3-2-4-19-9-11/h2-10H,1H3,(H,20,21). The summed E-state index contributed by atoms with van der Waals surface area (Å²) in [6.07, 6.45) is 4.49. The molecule has 0 aliphatic rings. The molecule has 0 aliphatic carbocycles. The fourth-order valence-corrected chi connectivity index (χ4v) is 3.97. The second-order valence-electron chi connectivity index (χ2n) is 5.34. The molecule has 2 heterocycles. The predicted molar refractivity (Wildman–Crippen MR) is 100 cm³/mol. The van der Waals surface area contributed by atoms with Crippen LogP contribution in [-0.2, 0) is 9.84 Å². The summed E-state index contributed by atoms with van der Waals surface area (Å²) in [5.74, 6) is -0.332. The van der Waals surface area contributed by atoms with Crippen LogP contribution < -0.4 is 5.32 Å². The van der Waals surface area contributed by atoms with E-state index in [1.807, 2.05) is 17.5 Å². The Balaban J connectivity index is 1.84. The molecule has 1 N–H and O–H groups in total. The van der Waals surface area contributed by atoms with Gasteiger partial charge in [-0.3, -0.25) is 9.78 Å². The lowest BCUT2D eigenvalue weighted by Crippen LogP contribution is -2.10. The third-order valence-electron chi connectivity index (χ3n) is 3.38. The van der Waals surface area contributed by atoms with E-state index < -0.39 is 9.84 Å². The molecule has 3 aromatic rings. The van der Waals surface area contributed by atoms with Crippen LogP contribution in [-0.4, -0.2) is 25.6 Å². The lowest BCUT2D eigenvalue weighted by molar-refractivity contribution is 0.103. The van der Waals surface area contributed by atoms with Crippen molar-refractivity contribution in [1.82, 2.24) is 4.98 Å². The van der Waals surface area contributed by atoms with E-state index in [9.17, 15) is 13.2 Å². The maximum Gasteiger partial charge on any atom is 0.265 e. The van der Waals surface area contributed by atoms with Crippen molar-refractivity contribution in [1.29, 1.82) is 0 Å². The Labute approximate surface area is 154 Å². The van der Waals surface area contributed by atoms with Gasteiger partial charge in [-0.25, -0.2) is 8.42 Å². The molecule has 0 aliphatic heterocycles. The molecule has 1 amide bonds. The van der Waals surface area contributed by atoms with Crippen molar-refractivity contribution in [3.63, 3.8) is 0 Å². The van der Waals surface area contributed by atoms with E-state index in [1.165, 1.54) is 29.5 Å². The fraction of sp³-hybridized carbons (Fsp3) is 0.0588. The van der Waals surface area contributed by atoms with Crippen LogP contribution in [0, 0.1) is 0 Å². The van der Waals surface area contributed by atoms with Crippen molar-refractivity contribution in [3.8, 4) is 11.1 Å². The Kier molecular flexibility index (Phi) is 4.89. The summed E-state index contributed by atoms with van der Waals surface area (Å²) in [6.45, 7) is 0. The van der Waals surface area contributed by atoms with Gasteiger partial charge in [0.15, 0.2) is 9.84 Å². The molecule has 128 valence electrons. The molecule has 5 nitrogen and oxygen atoms in total. The number of hydrogen-bond acceptors (Lipinski definition) is 5. The molecule has 0 atom stereocenters. The molecule has 25 heavy (non-hydrogen) atoms. The number of thiophene rings is 1. The van der Waals surface area contributed by atoms with Crippen molar-refractivity contribution in [2.45, 2.75) is 4.90 Å². The number of nitrogens with one attached hydrogen (secondary N) is 1. The number of carbonyl (C=O) groups is 1. The second kappa shape index (κ2) is 6.95. The van der Waals surface area contributed by atoms with Gasteiger partial charge in [-0.1, -0.05) is 17.7 Å². The average molecular weight is 393 g/mol. The summed E-state index contributed by atoms with van der Waals surface area (Å²) in [5, 5.41) is 4.79. The predicted octanol–water partition coefficient (Wildman–Crippen LogP) is 4.12. The van der Waals surface area contributed by atoms with Crippen molar-refractivity contribution in [2.75, 3.05) is 11.6 Å². The minimum Gasteiger partial charge on any atom is -0.321 e. The number of hydrogen-bond donors (Lipinski definition) is 1. The first-order valence-corrected chi connectivity index (χ1v) is 10.3. The number of sulfone groups is 1. The maximum absolute atomic E-state index is 12.4. The molecule has 0 spiro atoms. The zero-order valence-electron chi connectivity index (χ0n) is 13.1. The summed E-state index contributed by atoms with van der Waals surface area (Å²) < 4.78 is 23.4. The molecule has 0 saturated heterocycles. The smallest absolute Gasteiger partial charge is 0.265 e. The highest BCUT2D eigenvalue weighted by molar-refractivity contribution is 7.90. The normalized spacial score (nSPS) is 11.3. The number of nitrogens with zero attached hydrogens (tertiary/aromatic N) is 1. The van der Waals surface area contributed by atoms with E-state index in [0.29, 0.717) is 10.6 Å². The minimum atomic E-state index is -3.42. The maximum atomic E-state index is 12.4. The number of amides is 1. The number of pyridine rings is 1. The third-order valence-corrected chi connectivity index (χ3v) is 5.61. The van der Waals surface area contributed by atoms with Crippen LogP contribution in [0.2, 0.25) is 5.02 Å². The Morgan fingerprint density at radius 2 is 2.00 bits per heavy atom. The minimum absolute atomic E-state index is 0.0533. The molecule has 8 heteroatoms. The molecular weight excluding hydrogens is 380 g/mol. The molecule has 0 fully saturated rings. The quantitative estimate of drug-likeness (QED) is 0.724. The van der Waals surface area contributed by atoms with Crippen molar-refractivity contribution < 1.29 is 13.2 Å². The fourth-order valence-electron chi connectivity index (χ4n) is 2.18. The van der Waals surface area contributed by atoms with E-state index in [1.54, 1.807) is 18.5 Å². The van der Waals surface area contributed by atoms with E-state index in [-0.39, 0.29) is 15.8 Å². The summed E-state index contributed by atoms with van der Waals surface area (Å²) in [7, 11) is -3.42. The summed E-state index contributed by atoms with van der Waals surface area (Å²) >= 11 is 7.24. The largest absolute Gasteiger partial charge is 0.321 e. The van der Waals surface area contributed by atoms with Gasteiger partial charge in [-0.2, -0.15) is 0 Å². The van der Waals surface area contributed by atoms with Gasteiger partial charge in [0, 0.05) is 34.9 Å². The van der Waals surface area contributed by atoms with Crippen molar-refractivity contribution in [3.05, 3.63) is 64.1 Å². The van der Waals surface area contributed by atoms with Crippen LogP contribution in [0.25, 0.3) is 11.1 Å². The zero-order valence-corrected chi connectivity index (χ0v) is 15.5. The third kappa shape index (κ3) is 4.25. The van der Waals surface area contributed by atoms with Crippen LogP contribution in [0.15, 0.2) is 59.1 Å². The lowest BCUT2D eigenvalue weighted by atomic mass is 10.1. The Hall–Kier alpha value is -2.22. The van der Waals surface area contributed by atoms with Crippen LogP contribution >= 0.6 is 22.9 Å². The lowest BCUT2D eigenvalue weighted by Gasteiger charge is -2.07. The van der Waals surface area contributed by atoms with Gasteiger partial charge in [0.1, 0.15) is 0 Å². The Morgan fingerprint density at radius 1 is 1.20 bits per heavy atom. The van der Waals surface area contributed by atoms with Crippen molar-refractivity contribution >= 4 is 44.4 Å². The highest BCUT2D eigenvalue weighted by atomic mass is 35.5. The van der Waals surface area contributed by atoms with Gasteiger partial charge < -0.3 is 5.32 Å². The molecule has 0 radical (unpaired) electrons. The first-order valence-electron chi connectivity index (χ1n) is 7.14. The Morgan fingerprint density at radius 3 is 2.68 bits per heavy atom. The number of aromatic nitrogens is 1. The zero-order chi connectivity index (χ0) is 18.0. The molecule has 2 aromatic heterocycles. The van der Waals surface area contributed by atoms with Crippen LogP contribution in [0.3, 0.4) is 0 Å². The molecule has 0 saturated carbocycles. The number of carbonyl (C=O) groups excluding carboxylic acids is 1. The average Bonchev–Trinajstić information content (AvgIpc) is 3.04. The first-order chi connectivity index (χ1) is 11.8. The van der Waals surface area contributed by atoms with Crippen molar-refractivity contribution in [2.24, 2.45) is 0 Å².